The molecule has 0 radical (unpaired) electrons. The molecule has 0 fully saturated rings. The van der Waals surface area contributed by atoms with E-state index >= 15 is 0 Å². The Kier molecular flexibility index (Phi) is 5.30. The Morgan fingerprint density at radius 2 is 1.88 bits per heavy atom. The van der Waals surface area contributed by atoms with Crippen LogP contribution in [0.4, 0.5) is 13.2 Å². The van der Waals surface area contributed by atoms with Crippen molar-refractivity contribution >= 4 is 34.0 Å². The molecule has 0 bridgehead atoms. The van der Waals surface area contributed by atoms with Gasteiger partial charge >= 0.3 is 6.18 Å². The van der Waals surface area contributed by atoms with Crippen molar-refractivity contribution in [1.82, 2.24) is 14.6 Å². The number of fused-ring (bicyclic) bond motifs is 1. The topological polar surface area (TPSA) is 60.4 Å². The fourth-order valence-corrected chi connectivity index (χ4v) is 4.44. The molecule has 0 spiro atoms. The van der Waals surface area contributed by atoms with E-state index in [1.54, 1.807) is 6.07 Å². The van der Waals surface area contributed by atoms with Gasteiger partial charge in [-0.25, -0.2) is 4.98 Å². The van der Waals surface area contributed by atoms with E-state index in [1.165, 1.54) is 22.7 Å². The summed E-state index contributed by atoms with van der Waals surface area (Å²) in [4.78, 5) is 17.6. The van der Waals surface area contributed by atoms with Crippen LogP contribution in [0.2, 0.25) is 5.02 Å². The van der Waals surface area contributed by atoms with E-state index in [-0.39, 0.29) is 21.9 Å². The van der Waals surface area contributed by atoms with Gasteiger partial charge in [-0.15, -0.1) is 5.10 Å². The molecule has 166 valence electrons. The molecular formula is C23H13ClF3N3O2S. The lowest BCUT2D eigenvalue weighted by Crippen LogP contribution is -2.23. The number of hydrogen-bond acceptors (Lipinski definition) is 5. The summed E-state index contributed by atoms with van der Waals surface area (Å²) in [6.45, 7) is 0. The first-order valence-corrected chi connectivity index (χ1v) is 10.9. The van der Waals surface area contributed by atoms with E-state index in [4.69, 9.17) is 16.0 Å². The van der Waals surface area contributed by atoms with Gasteiger partial charge in [0.15, 0.2) is 5.82 Å². The lowest BCUT2D eigenvalue weighted by molar-refractivity contribution is -0.137. The minimum atomic E-state index is -4.50. The van der Waals surface area contributed by atoms with Crippen LogP contribution >= 0.6 is 22.9 Å². The highest BCUT2D eigenvalue weighted by atomic mass is 35.5. The number of halogens is 4. The van der Waals surface area contributed by atoms with Gasteiger partial charge in [-0.3, -0.25) is 4.79 Å². The molecule has 33 heavy (non-hydrogen) atoms. The summed E-state index contributed by atoms with van der Waals surface area (Å²) in [6.07, 6.45) is -2.49. The van der Waals surface area contributed by atoms with Crippen LogP contribution in [0.3, 0.4) is 0 Å². The molecule has 3 aromatic heterocycles. The molecule has 10 heteroatoms. The molecule has 0 amide bonds. The SMILES string of the molecule is O=c1/c(=C\c2ccc(-c3cc(C(F)(F)F)ccc3Cl)o2)sc2nc(Cc3ccccc3)nn12. The van der Waals surface area contributed by atoms with E-state index in [1.807, 2.05) is 30.3 Å². The number of alkyl halides is 3. The predicted octanol–water partition coefficient (Wildman–Crippen LogP) is 5.22. The Bertz CT molecular complexity index is 1570. The number of furan rings is 1. The zero-order chi connectivity index (χ0) is 23.2. The van der Waals surface area contributed by atoms with Gasteiger partial charge in [-0.2, -0.15) is 17.7 Å². The highest BCUT2D eigenvalue weighted by Crippen LogP contribution is 2.36. The van der Waals surface area contributed by atoms with Crippen molar-refractivity contribution < 1.29 is 17.6 Å². The number of aromatic nitrogens is 3. The van der Waals surface area contributed by atoms with Gasteiger partial charge < -0.3 is 4.42 Å². The maximum absolute atomic E-state index is 13.0. The summed E-state index contributed by atoms with van der Waals surface area (Å²) in [5.74, 6) is 0.995. The highest BCUT2D eigenvalue weighted by Gasteiger charge is 2.31. The third-order valence-corrected chi connectivity index (χ3v) is 6.18. The van der Waals surface area contributed by atoms with E-state index < -0.39 is 11.7 Å². The van der Waals surface area contributed by atoms with Crippen LogP contribution in [0.1, 0.15) is 22.7 Å². The van der Waals surface area contributed by atoms with Crippen LogP contribution in [0, 0.1) is 0 Å². The Morgan fingerprint density at radius 3 is 2.61 bits per heavy atom. The lowest BCUT2D eigenvalue weighted by Gasteiger charge is -2.09. The second-order valence-electron chi connectivity index (χ2n) is 7.19. The summed E-state index contributed by atoms with van der Waals surface area (Å²) >= 11 is 7.23. The second-order valence-corrected chi connectivity index (χ2v) is 8.61. The van der Waals surface area contributed by atoms with Crippen LogP contribution in [0.25, 0.3) is 22.4 Å². The molecule has 0 N–H and O–H groups in total. The van der Waals surface area contributed by atoms with Crippen molar-refractivity contribution in [3.05, 3.63) is 103 Å². The van der Waals surface area contributed by atoms with E-state index in [9.17, 15) is 18.0 Å². The molecule has 3 heterocycles. The molecule has 5 rings (SSSR count). The van der Waals surface area contributed by atoms with Gasteiger partial charge in [-0.1, -0.05) is 53.3 Å². The molecule has 0 unspecified atom stereocenters. The van der Waals surface area contributed by atoms with Crippen molar-refractivity contribution in [2.45, 2.75) is 12.6 Å². The standard InChI is InChI=1S/C23H13ClF3N3O2S/c24-17-8-6-14(23(25,26)27)11-16(17)18-9-7-15(32-18)12-19-21(31)30-22(33-19)28-20(29-30)10-13-4-2-1-3-5-13/h1-9,11-12H,10H2/b19-12+. The molecule has 5 nitrogen and oxygen atoms in total. The fourth-order valence-electron chi connectivity index (χ4n) is 3.32. The first-order valence-electron chi connectivity index (χ1n) is 9.69. The van der Waals surface area contributed by atoms with Gasteiger partial charge in [0.25, 0.3) is 5.56 Å². The average molecular weight is 488 g/mol. The Labute approximate surface area is 193 Å². The third-order valence-electron chi connectivity index (χ3n) is 4.89. The Morgan fingerprint density at radius 1 is 1.09 bits per heavy atom. The molecule has 0 saturated heterocycles. The monoisotopic (exact) mass is 487 g/mol. The summed E-state index contributed by atoms with van der Waals surface area (Å²) in [5, 5.41) is 4.42. The predicted molar refractivity (Wildman–Crippen MR) is 119 cm³/mol. The van der Waals surface area contributed by atoms with Gasteiger partial charge in [0.1, 0.15) is 16.1 Å². The number of benzene rings is 2. The van der Waals surface area contributed by atoms with E-state index in [0.29, 0.717) is 27.5 Å². The lowest BCUT2D eigenvalue weighted by atomic mass is 10.1. The molecule has 0 aliphatic heterocycles. The maximum Gasteiger partial charge on any atom is 0.416 e. The van der Waals surface area contributed by atoms with Crippen molar-refractivity contribution in [2.75, 3.05) is 0 Å². The van der Waals surface area contributed by atoms with Crippen LogP contribution in [0.15, 0.2) is 69.9 Å². The first kappa shape index (κ1) is 21.4. The summed E-state index contributed by atoms with van der Waals surface area (Å²) < 4.78 is 46.4. The minimum Gasteiger partial charge on any atom is -0.457 e. The average Bonchev–Trinajstić information content (AvgIpc) is 3.46. The van der Waals surface area contributed by atoms with Crippen LogP contribution in [-0.4, -0.2) is 14.6 Å². The van der Waals surface area contributed by atoms with Crippen LogP contribution in [-0.2, 0) is 12.6 Å². The first-order chi connectivity index (χ1) is 15.8. The van der Waals surface area contributed by atoms with Gasteiger partial charge in [0.05, 0.1) is 10.6 Å². The van der Waals surface area contributed by atoms with Gasteiger partial charge in [0, 0.05) is 18.1 Å². The minimum absolute atomic E-state index is 0.113. The molecule has 5 aromatic rings. The number of rotatable bonds is 4. The van der Waals surface area contributed by atoms with Crippen molar-refractivity contribution in [2.24, 2.45) is 0 Å². The second kappa shape index (κ2) is 8.17. The quantitative estimate of drug-likeness (QED) is 0.348. The smallest absolute Gasteiger partial charge is 0.416 e. The molecule has 0 atom stereocenters. The number of thiazole rings is 1. The molecule has 2 aromatic carbocycles. The fraction of sp³-hybridized carbons (Fsp3) is 0.0870. The summed E-state index contributed by atoms with van der Waals surface area (Å²) in [6, 6.07) is 15.8. The largest absolute Gasteiger partial charge is 0.457 e. The zero-order valence-corrected chi connectivity index (χ0v) is 18.2. The van der Waals surface area contributed by atoms with Crippen molar-refractivity contribution in [1.29, 1.82) is 0 Å². The molecule has 0 aliphatic rings. The van der Waals surface area contributed by atoms with E-state index in [2.05, 4.69) is 10.1 Å². The zero-order valence-electron chi connectivity index (χ0n) is 16.6. The van der Waals surface area contributed by atoms with E-state index in [0.717, 1.165) is 29.0 Å². The molecule has 0 saturated carbocycles. The Hall–Kier alpha value is -3.43. The third kappa shape index (κ3) is 4.29. The number of nitrogens with zero attached hydrogens (tertiary/aromatic N) is 3. The Balaban J connectivity index is 1.46. The normalized spacial score (nSPS) is 12.7. The number of hydrogen-bond donors (Lipinski definition) is 0. The van der Waals surface area contributed by atoms with Crippen LogP contribution < -0.4 is 10.1 Å². The van der Waals surface area contributed by atoms with Gasteiger partial charge in [-0.05, 0) is 35.9 Å². The maximum atomic E-state index is 13.0. The molecular weight excluding hydrogens is 475 g/mol. The van der Waals surface area contributed by atoms with Crippen molar-refractivity contribution in [3.8, 4) is 11.3 Å². The van der Waals surface area contributed by atoms with Crippen molar-refractivity contribution in [3.63, 3.8) is 0 Å². The highest BCUT2D eigenvalue weighted by molar-refractivity contribution is 7.15. The van der Waals surface area contributed by atoms with Gasteiger partial charge in [0.2, 0.25) is 4.96 Å². The molecule has 0 aliphatic carbocycles. The summed E-state index contributed by atoms with van der Waals surface area (Å²) in [5.41, 5.74) is -0.0348. The summed E-state index contributed by atoms with van der Waals surface area (Å²) in [7, 11) is 0. The van der Waals surface area contributed by atoms with Crippen LogP contribution in [0.5, 0.6) is 0 Å².